The van der Waals surface area contributed by atoms with Crippen LogP contribution in [-0.2, 0) is 26.0 Å². The molecule has 0 saturated heterocycles. The topological polar surface area (TPSA) is 82.2 Å². The lowest BCUT2D eigenvalue weighted by Gasteiger charge is -2.18. The number of alkyl halides is 6. The molecule has 0 radical (unpaired) electrons. The molecule has 0 saturated carbocycles. The molecule has 7 nitrogen and oxygen atoms in total. The summed E-state index contributed by atoms with van der Waals surface area (Å²) in [4.78, 5) is 12.1. The van der Waals surface area contributed by atoms with Crippen LogP contribution in [0.2, 0.25) is 0 Å². The molecule has 30 heavy (non-hydrogen) atoms. The first kappa shape index (κ1) is 21.2. The number of tetrazole rings is 1. The summed E-state index contributed by atoms with van der Waals surface area (Å²) in [5.74, 6) is -1.49. The summed E-state index contributed by atoms with van der Waals surface area (Å²) in [6, 6.07) is 4.91. The molecular formula is C17H12F6N4O3. The predicted molar refractivity (Wildman–Crippen MR) is 89.0 cm³/mol. The van der Waals surface area contributed by atoms with E-state index in [0.717, 1.165) is 28.9 Å². The number of ether oxygens (including phenoxy) is 1. The summed E-state index contributed by atoms with van der Waals surface area (Å²) < 4.78 is 86.5. The van der Waals surface area contributed by atoms with Crippen molar-refractivity contribution >= 4 is 0 Å². The number of aromatic hydroxyl groups is 1. The van der Waals surface area contributed by atoms with Gasteiger partial charge in [0.05, 0.1) is 11.3 Å². The molecule has 0 aliphatic carbocycles. The first-order valence-electron chi connectivity index (χ1n) is 8.11. The standard InChI is InChI=1S/C17H12F6N4O3/c1-26-15(29)27(25-24-26)13-4-2-3-11(16(18,19)20)10(13)8-30-14-6-5-9(28)7-12(14)17(21,22)23/h2-7,28H,8H2,1H3. The second-order valence-electron chi connectivity index (χ2n) is 6.06. The number of halogens is 6. The van der Waals surface area contributed by atoms with Crippen molar-refractivity contribution < 1.29 is 36.2 Å². The number of benzene rings is 2. The molecule has 0 bridgehead atoms. The zero-order valence-electron chi connectivity index (χ0n) is 15.0. The number of hydrogen-bond donors (Lipinski definition) is 1. The first-order chi connectivity index (χ1) is 13.9. The Bertz CT molecular complexity index is 1130. The van der Waals surface area contributed by atoms with Crippen LogP contribution in [0.4, 0.5) is 26.3 Å². The summed E-state index contributed by atoms with van der Waals surface area (Å²) in [5, 5.41) is 16.2. The molecule has 0 spiro atoms. The van der Waals surface area contributed by atoms with Crippen LogP contribution in [0, 0.1) is 0 Å². The highest BCUT2D eigenvalue weighted by Crippen LogP contribution is 2.39. The van der Waals surface area contributed by atoms with Crippen molar-refractivity contribution in [2.45, 2.75) is 19.0 Å². The summed E-state index contributed by atoms with van der Waals surface area (Å²) >= 11 is 0. The van der Waals surface area contributed by atoms with Crippen LogP contribution in [0.1, 0.15) is 16.7 Å². The van der Waals surface area contributed by atoms with E-state index in [1.165, 1.54) is 7.05 Å². The van der Waals surface area contributed by atoms with Crippen LogP contribution in [0.15, 0.2) is 41.2 Å². The average molecular weight is 434 g/mol. The molecule has 0 amide bonds. The van der Waals surface area contributed by atoms with E-state index < -0.39 is 52.8 Å². The Kier molecular flexibility index (Phi) is 5.22. The lowest BCUT2D eigenvalue weighted by atomic mass is 10.1. The van der Waals surface area contributed by atoms with Gasteiger partial charge in [0.1, 0.15) is 23.7 Å². The molecule has 13 heteroatoms. The molecule has 0 atom stereocenters. The Morgan fingerprint density at radius 2 is 1.67 bits per heavy atom. The zero-order valence-corrected chi connectivity index (χ0v) is 15.0. The minimum Gasteiger partial charge on any atom is -0.508 e. The fourth-order valence-corrected chi connectivity index (χ4v) is 2.67. The molecule has 2 aromatic carbocycles. The van der Waals surface area contributed by atoms with Gasteiger partial charge < -0.3 is 9.84 Å². The van der Waals surface area contributed by atoms with Gasteiger partial charge in [0.2, 0.25) is 0 Å². The van der Waals surface area contributed by atoms with Crippen molar-refractivity contribution in [3.8, 4) is 17.2 Å². The molecule has 1 heterocycles. The van der Waals surface area contributed by atoms with E-state index in [4.69, 9.17) is 4.74 Å². The lowest BCUT2D eigenvalue weighted by Crippen LogP contribution is -2.24. The lowest BCUT2D eigenvalue weighted by molar-refractivity contribution is -0.140. The van der Waals surface area contributed by atoms with Gasteiger partial charge in [0, 0.05) is 12.6 Å². The summed E-state index contributed by atoms with van der Waals surface area (Å²) in [6.07, 6.45) is -9.81. The number of hydrogen-bond acceptors (Lipinski definition) is 5. The largest absolute Gasteiger partial charge is 0.508 e. The van der Waals surface area contributed by atoms with Gasteiger partial charge in [-0.15, -0.1) is 0 Å². The Morgan fingerprint density at radius 3 is 2.23 bits per heavy atom. The second kappa shape index (κ2) is 7.39. The predicted octanol–water partition coefficient (Wildman–Crippen LogP) is 3.29. The summed E-state index contributed by atoms with van der Waals surface area (Å²) in [5.41, 5.74) is -4.42. The Labute approximate surface area is 163 Å². The van der Waals surface area contributed by atoms with E-state index in [1.807, 2.05) is 0 Å². The number of phenolic OH excluding ortho intramolecular Hbond substituents is 1. The van der Waals surface area contributed by atoms with Crippen molar-refractivity contribution in [2.75, 3.05) is 0 Å². The number of phenols is 1. The fraction of sp³-hybridized carbons (Fsp3) is 0.235. The minimum absolute atomic E-state index is 0.352. The monoisotopic (exact) mass is 434 g/mol. The quantitative estimate of drug-likeness (QED) is 0.638. The summed E-state index contributed by atoms with van der Waals surface area (Å²) in [6.45, 7) is -0.970. The number of rotatable bonds is 4. The van der Waals surface area contributed by atoms with Gasteiger partial charge in [-0.1, -0.05) is 6.07 Å². The highest BCUT2D eigenvalue weighted by atomic mass is 19.4. The van der Waals surface area contributed by atoms with Gasteiger partial charge >= 0.3 is 18.0 Å². The summed E-state index contributed by atoms with van der Waals surface area (Å²) in [7, 11) is 1.22. The maximum absolute atomic E-state index is 13.5. The normalized spacial score (nSPS) is 12.2. The molecule has 0 aliphatic rings. The van der Waals surface area contributed by atoms with Gasteiger partial charge in [-0.05, 0) is 40.8 Å². The van der Waals surface area contributed by atoms with E-state index in [-0.39, 0.29) is 5.69 Å². The second-order valence-corrected chi connectivity index (χ2v) is 6.06. The molecular weight excluding hydrogens is 422 g/mol. The van der Waals surface area contributed by atoms with E-state index in [9.17, 15) is 36.2 Å². The molecule has 0 aliphatic heterocycles. The molecule has 0 unspecified atom stereocenters. The highest BCUT2D eigenvalue weighted by Gasteiger charge is 2.37. The minimum atomic E-state index is -4.93. The zero-order chi connectivity index (χ0) is 22.3. The van der Waals surface area contributed by atoms with Crippen LogP contribution >= 0.6 is 0 Å². The van der Waals surface area contributed by atoms with Crippen LogP contribution in [0.5, 0.6) is 11.5 Å². The number of nitrogens with zero attached hydrogens (tertiary/aromatic N) is 4. The van der Waals surface area contributed by atoms with Crippen LogP contribution in [-0.4, -0.2) is 24.9 Å². The van der Waals surface area contributed by atoms with Gasteiger partial charge in [-0.3, -0.25) is 0 Å². The van der Waals surface area contributed by atoms with Crippen molar-refractivity contribution in [1.82, 2.24) is 19.8 Å². The maximum atomic E-state index is 13.5. The van der Waals surface area contributed by atoms with Gasteiger partial charge in [-0.25, -0.2) is 4.79 Å². The third-order valence-corrected chi connectivity index (χ3v) is 4.05. The molecule has 160 valence electrons. The first-order valence-corrected chi connectivity index (χ1v) is 8.11. The molecule has 1 aromatic heterocycles. The fourth-order valence-electron chi connectivity index (χ4n) is 2.67. The highest BCUT2D eigenvalue weighted by molar-refractivity contribution is 5.47. The van der Waals surface area contributed by atoms with Crippen LogP contribution in [0.3, 0.4) is 0 Å². The Morgan fingerprint density at radius 1 is 1.00 bits per heavy atom. The SMILES string of the molecule is Cn1nnn(-c2cccc(C(F)(F)F)c2COc2ccc(O)cc2C(F)(F)F)c1=O. The van der Waals surface area contributed by atoms with Crippen molar-refractivity contribution in [3.05, 3.63) is 63.6 Å². The maximum Gasteiger partial charge on any atom is 0.420 e. The average Bonchev–Trinajstić information content (AvgIpc) is 2.97. The third-order valence-electron chi connectivity index (χ3n) is 4.05. The molecule has 1 N–H and O–H groups in total. The van der Waals surface area contributed by atoms with E-state index in [1.54, 1.807) is 0 Å². The van der Waals surface area contributed by atoms with Gasteiger partial charge in [0.25, 0.3) is 0 Å². The third kappa shape index (κ3) is 4.09. The molecule has 0 fully saturated rings. The van der Waals surface area contributed by atoms with Crippen molar-refractivity contribution in [1.29, 1.82) is 0 Å². The van der Waals surface area contributed by atoms with Crippen molar-refractivity contribution in [2.24, 2.45) is 7.05 Å². The number of aromatic nitrogens is 4. The van der Waals surface area contributed by atoms with Gasteiger partial charge in [0.15, 0.2) is 0 Å². The molecule has 3 aromatic rings. The van der Waals surface area contributed by atoms with Crippen molar-refractivity contribution in [3.63, 3.8) is 0 Å². The van der Waals surface area contributed by atoms with E-state index >= 15 is 0 Å². The van der Waals surface area contributed by atoms with Crippen LogP contribution < -0.4 is 10.4 Å². The smallest absolute Gasteiger partial charge is 0.420 e. The van der Waals surface area contributed by atoms with E-state index in [0.29, 0.717) is 16.8 Å². The Balaban J connectivity index is 2.10. The van der Waals surface area contributed by atoms with Crippen LogP contribution in [0.25, 0.3) is 5.69 Å². The van der Waals surface area contributed by atoms with Gasteiger partial charge in [-0.2, -0.15) is 35.7 Å². The Hall–Kier alpha value is -3.51. The molecule has 3 rings (SSSR count). The number of aryl methyl sites for hydroxylation is 1. The van der Waals surface area contributed by atoms with E-state index in [2.05, 4.69) is 10.4 Å².